The minimum atomic E-state index is -4.67. The van der Waals surface area contributed by atoms with Crippen molar-refractivity contribution in [1.82, 2.24) is 0 Å². The summed E-state index contributed by atoms with van der Waals surface area (Å²) < 4.78 is 35.1. The molecule has 0 spiro atoms. The van der Waals surface area contributed by atoms with Crippen LogP contribution < -0.4 is 4.90 Å². The van der Waals surface area contributed by atoms with Gasteiger partial charge in [-0.15, -0.1) is 3.89 Å². The molecule has 1 amide bonds. The van der Waals surface area contributed by atoms with E-state index in [9.17, 15) is 17.1 Å². The molecule has 0 radical (unpaired) electrons. The second kappa shape index (κ2) is 4.38. The molecule has 17 heavy (non-hydrogen) atoms. The zero-order chi connectivity index (χ0) is 12.6. The number of amides is 1. The second-order valence-electron chi connectivity index (χ2n) is 3.76. The lowest BCUT2D eigenvalue weighted by Gasteiger charge is -2.17. The lowest BCUT2D eigenvalue weighted by molar-refractivity contribution is -0.117. The van der Waals surface area contributed by atoms with Crippen LogP contribution in [0.5, 0.6) is 0 Å². The number of benzene rings is 1. The largest absolute Gasteiger partial charge is 0.310 e. The summed E-state index contributed by atoms with van der Waals surface area (Å²) in [5, 5.41) is -1.26. The first-order chi connectivity index (χ1) is 7.89. The summed E-state index contributed by atoms with van der Waals surface area (Å²) in [6, 6.07) is 6.91. The fourth-order valence-corrected chi connectivity index (χ4v) is 2.93. The predicted octanol–water partition coefficient (Wildman–Crippen LogP) is 1.85. The molecular formula is C10H9BrFNO3S. The Morgan fingerprint density at radius 1 is 1.35 bits per heavy atom. The number of rotatable bonds is 2. The van der Waals surface area contributed by atoms with Crippen molar-refractivity contribution in [1.29, 1.82) is 0 Å². The first-order valence-electron chi connectivity index (χ1n) is 4.88. The van der Waals surface area contributed by atoms with Gasteiger partial charge in [0.1, 0.15) is 5.25 Å². The van der Waals surface area contributed by atoms with E-state index in [2.05, 4.69) is 15.9 Å². The lowest BCUT2D eigenvalue weighted by atomic mass is 10.3. The molecular weight excluding hydrogens is 313 g/mol. The van der Waals surface area contributed by atoms with Gasteiger partial charge in [-0.3, -0.25) is 4.79 Å². The quantitative estimate of drug-likeness (QED) is 0.781. The summed E-state index contributed by atoms with van der Waals surface area (Å²) >= 11 is 3.27. The van der Waals surface area contributed by atoms with E-state index in [-0.39, 0.29) is 18.9 Å². The van der Waals surface area contributed by atoms with Gasteiger partial charge in [0.2, 0.25) is 5.91 Å². The maximum Gasteiger partial charge on any atom is 0.307 e. The molecule has 1 unspecified atom stereocenters. The van der Waals surface area contributed by atoms with Gasteiger partial charge in [-0.1, -0.05) is 12.1 Å². The minimum absolute atomic E-state index is 0.139. The Morgan fingerprint density at radius 3 is 2.53 bits per heavy atom. The first-order valence-corrected chi connectivity index (χ1v) is 7.12. The van der Waals surface area contributed by atoms with Gasteiger partial charge in [0.05, 0.1) is 5.69 Å². The highest BCUT2D eigenvalue weighted by Crippen LogP contribution is 2.31. The average molecular weight is 322 g/mol. The molecule has 1 aromatic carbocycles. The number of hydrogen-bond acceptors (Lipinski definition) is 3. The third-order valence-corrected chi connectivity index (χ3v) is 4.41. The van der Waals surface area contributed by atoms with Crippen molar-refractivity contribution in [2.45, 2.75) is 11.7 Å². The molecule has 2 rings (SSSR count). The van der Waals surface area contributed by atoms with Gasteiger partial charge < -0.3 is 4.90 Å². The fourth-order valence-electron chi connectivity index (χ4n) is 1.77. The van der Waals surface area contributed by atoms with Crippen LogP contribution in [0.3, 0.4) is 0 Å². The normalized spacial score (nSPS) is 20.9. The van der Waals surface area contributed by atoms with E-state index in [1.807, 2.05) is 0 Å². The summed E-state index contributed by atoms with van der Waals surface area (Å²) in [6.45, 7) is -0.139. The summed E-state index contributed by atoms with van der Waals surface area (Å²) in [5.41, 5.74) is 0.559. The first kappa shape index (κ1) is 12.5. The third kappa shape index (κ3) is 2.50. The standard InChI is InChI=1S/C10H9BrFNO3S/c11-8-3-1-2-4-9(8)13-6-7(5-10(13)14)17(12,15)16/h1-4,7H,5-6H2. The van der Waals surface area contributed by atoms with Gasteiger partial charge in [0, 0.05) is 17.4 Å². The minimum Gasteiger partial charge on any atom is -0.310 e. The van der Waals surface area contributed by atoms with E-state index in [1.165, 1.54) is 4.90 Å². The molecule has 1 aliphatic heterocycles. The Kier molecular flexibility index (Phi) is 3.22. The van der Waals surface area contributed by atoms with Gasteiger partial charge >= 0.3 is 10.2 Å². The number of para-hydroxylation sites is 1. The average Bonchev–Trinajstić information content (AvgIpc) is 2.61. The molecule has 1 heterocycles. The molecule has 0 saturated carbocycles. The molecule has 0 bridgehead atoms. The lowest BCUT2D eigenvalue weighted by Crippen LogP contribution is -2.27. The number of nitrogens with zero attached hydrogens (tertiary/aromatic N) is 1. The number of anilines is 1. The van der Waals surface area contributed by atoms with E-state index in [0.717, 1.165) is 0 Å². The molecule has 4 nitrogen and oxygen atoms in total. The van der Waals surface area contributed by atoms with E-state index in [4.69, 9.17) is 0 Å². The number of hydrogen-bond donors (Lipinski definition) is 0. The maximum absolute atomic E-state index is 12.8. The van der Waals surface area contributed by atoms with Crippen molar-refractivity contribution >= 4 is 37.7 Å². The molecule has 1 saturated heterocycles. The number of carbonyl (C=O) groups is 1. The van der Waals surface area contributed by atoms with Crippen LogP contribution in [0, 0.1) is 0 Å². The van der Waals surface area contributed by atoms with Gasteiger partial charge in [0.25, 0.3) is 0 Å². The van der Waals surface area contributed by atoms with Crippen LogP contribution >= 0.6 is 15.9 Å². The van der Waals surface area contributed by atoms with Crippen LogP contribution in [-0.4, -0.2) is 26.1 Å². The van der Waals surface area contributed by atoms with Crippen molar-refractivity contribution in [2.24, 2.45) is 0 Å². The topological polar surface area (TPSA) is 54.5 Å². The smallest absolute Gasteiger partial charge is 0.307 e. The van der Waals surface area contributed by atoms with Crippen molar-refractivity contribution in [2.75, 3.05) is 11.4 Å². The highest BCUT2D eigenvalue weighted by Gasteiger charge is 2.39. The highest BCUT2D eigenvalue weighted by molar-refractivity contribution is 9.10. The van der Waals surface area contributed by atoms with Gasteiger partial charge in [-0.25, -0.2) is 0 Å². The summed E-state index contributed by atoms with van der Waals surface area (Å²) in [6.07, 6.45) is -0.305. The van der Waals surface area contributed by atoms with Crippen LogP contribution in [0.1, 0.15) is 6.42 Å². The summed E-state index contributed by atoms with van der Waals surface area (Å²) in [5.74, 6) is -0.386. The molecule has 0 N–H and O–H groups in total. The van der Waals surface area contributed by atoms with E-state index in [0.29, 0.717) is 10.2 Å². The molecule has 1 aliphatic rings. The Balaban J connectivity index is 2.31. The number of carbonyl (C=O) groups excluding carboxylic acids is 1. The van der Waals surface area contributed by atoms with Gasteiger partial charge in [-0.2, -0.15) is 8.42 Å². The Labute approximate surface area is 107 Å². The monoisotopic (exact) mass is 321 g/mol. The molecule has 1 aromatic rings. The molecule has 0 aromatic heterocycles. The zero-order valence-electron chi connectivity index (χ0n) is 8.64. The predicted molar refractivity (Wildman–Crippen MR) is 64.9 cm³/mol. The Hall–Kier alpha value is -0.950. The zero-order valence-corrected chi connectivity index (χ0v) is 11.0. The second-order valence-corrected chi connectivity index (χ2v) is 6.23. The molecule has 92 valence electrons. The van der Waals surface area contributed by atoms with Crippen LogP contribution in [0.15, 0.2) is 28.7 Å². The summed E-state index contributed by atoms with van der Waals surface area (Å²) in [7, 11) is -4.67. The molecule has 1 atom stereocenters. The van der Waals surface area contributed by atoms with Crippen molar-refractivity contribution in [3.8, 4) is 0 Å². The molecule has 7 heteroatoms. The fraction of sp³-hybridized carbons (Fsp3) is 0.300. The van der Waals surface area contributed by atoms with Crippen molar-refractivity contribution in [3.05, 3.63) is 28.7 Å². The third-order valence-electron chi connectivity index (χ3n) is 2.63. The SMILES string of the molecule is O=C1CC(S(=O)(=O)F)CN1c1ccccc1Br. The Morgan fingerprint density at radius 2 is 2.00 bits per heavy atom. The molecule has 0 aliphatic carbocycles. The summed E-state index contributed by atoms with van der Waals surface area (Å²) in [4.78, 5) is 12.9. The maximum atomic E-state index is 12.8. The van der Waals surface area contributed by atoms with Crippen LogP contribution in [-0.2, 0) is 15.0 Å². The van der Waals surface area contributed by atoms with Gasteiger partial charge in [-0.05, 0) is 28.1 Å². The van der Waals surface area contributed by atoms with Crippen LogP contribution in [0.2, 0.25) is 0 Å². The van der Waals surface area contributed by atoms with Gasteiger partial charge in [0.15, 0.2) is 0 Å². The van der Waals surface area contributed by atoms with Crippen LogP contribution in [0.25, 0.3) is 0 Å². The Bertz CT molecular complexity index is 560. The van der Waals surface area contributed by atoms with Crippen molar-refractivity contribution < 1.29 is 17.1 Å². The highest BCUT2D eigenvalue weighted by atomic mass is 79.9. The number of halogens is 2. The molecule has 1 fully saturated rings. The van der Waals surface area contributed by atoms with Crippen LogP contribution in [0.4, 0.5) is 9.57 Å². The van der Waals surface area contributed by atoms with Crippen molar-refractivity contribution in [3.63, 3.8) is 0 Å². The van der Waals surface area contributed by atoms with E-state index < -0.39 is 15.5 Å². The van der Waals surface area contributed by atoms with E-state index >= 15 is 0 Å². The van der Waals surface area contributed by atoms with E-state index in [1.54, 1.807) is 24.3 Å².